The number of ether oxygens (including phenoxy) is 3. The van der Waals surface area contributed by atoms with E-state index in [1.807, 2.05) is 39.8 Å². The average molecular weight is 1080 g/mol. The van der Waals surface area contributed by atoms with Crippen molar-refractivity contribution in [3.8, 4) is 11.5 Å². The molecule has 0 unspecified atom stereocenters. The summed E-state index contributed by atoms with van der Waals surface area (Å²) < 4.78 is 18.1. The molecule has 8 atom stereocenters. The van der Waals surface area contributed by atoms with E-state index in [4.69, 9.17) is 24.1 Å². The van der Waals surface area contributed by atoms with Gasteiger partial charge in [-0.25, -0.2) is 0 Å². The van der Waals surface area contributed by atoms with Crippen molar-refractivity contribution < 1.29 is 52.9 Å². The second-order valence-corrected chi connectivity index (χ2v) is 22.8. The van der Waals surface area contributed by atoms with Gasteiger partial charge in [-0.05, 0) is 161 Å². The van der Waals surface area contributed by atoms with E-state index in [2.05, 4.69) is 45.5 Å². The van der Waals surface area contributed by atoms with Crippen LogP contribution in [0.15, 0.2) is 36.4 Å². The predicted molar refractivity (Wildman–Crippen MR) is 296 cm³/mol. The van der Waals surface area contributed by atoms with Crippen LogP contribution in [0.3, 0.4) is 0 Å². The Morgan fingerprint density at radius 3 is 1.35 bits per heavy atom. The lowest BCUT2D eigenvalue weighted by Gasteiger charge is -2.35. The molecule has 4 fully saturated rings. The summed E-state index contributed by atoms with van der Waals surface area (Å²) in [6.45, 7) is 10.1. The quantitative estimate of drug-likeness (QED) is 0.0561. The maximum Gasteiger partial charge on any atom is 0.290 e. The fourth-order valence-corrected chi connectivity index (χ4v) is 12.8. The minimum absolute atomic E-state index is 0.0843. The van der Waals surface area contributed by atoms with Gasteiger partial charge in [0.15, 0.2) is 0 Å². The van der Waals surface area contributed by atoms with Gasteiger partial charge < -0.3 is 50.4 Å². The Labute approximate surface area is 462 Å². The summed E-state index contributed by atoms with van der Waals surface area (Å²) in [5, 5.41) is 19.8. The molecule has 17 nitrogen and oxygen atoms in total. The van der Waals surface area contributed by atoms with E-state index in [1.165, 1.54) is 0 Å². The van der Waals surface area contributed by atoms with Crippen LogP contribution in [0.4, 0.5) is 0 Å². The highest BCUT2D eigenvalue weighted by atomic mass is 16.5. The number of carboxylic acid groups (broad SMARTS) is 1. The number of amides is 6. The smallest absolute Gasteiger partial charge is 0.290 e. The highest BCUT2D eigenvalue weighted by Crippen LogP contribution is 2.36. The number of likely N-dealkylation sites (tertiary alicyclic amines) is 2. The van der Waals surface area contributed by atoms with E-state index in [0.717, 1.165) is 149 Å². The Morgan fingerprint density at radius 2 is 0.962 bits per heavy atom. The molecule has 2 heterocycles. The van der Waals surface area contributed by atoms with Crippen molar-refractivity contribution in [1.82, 2.24) is 31.1 Å². The zero-order valence-corrected chi connectivity index (χ0v) is 47.0. The highest BCUT2D eigenvalue weighted by Gasteiger charge is 2.44. The van der Waals surface area contributed by atoms with Gasteiger partial charge in [-0.3, -0.25) is 33.6 Å². The Bertz CT molecular complexity index is 2180. The first-order valence-corrected chi connectivity index (χ1v) is 29.8. The third-order valence-electron chi connectivity index (χ3n) is 17.7. The number of benzene rings is 2. The van der Waals surface area contributed by atoms with Gasteiger partial charge in [0.25, 0.3) is 6.47 Å². The molecule has 2 aromatic carbocycles. The molecule has 6 amide bonds. The molecule has 0 radical (unpaired) electrons. The summed E-state index contributed by atoms with van der Waals surface area (Å²) in [5.41, 5.74) is 4.47. The summed E-state index contributed by atoms with van der Waals surface area (Å²) >= 11 is 0. The van der Waals surface area contributed by atoms with E-state index in [-0.39, 0.29) is 77.7 Å². The SMILES string of the molecule is CC[C@@H](C)C(=O)N[C@H](C(=O)N1CCC[C@H]1C(=O)N[C@@H]1CCCc2cc(OCCOCCOc3ccc4c(c3)CCC[C@H]4NC(=O)[C@@H]3CCCN3C(=O)[C@@H](NC(=O)[C@H](C)CC)C3CCCCC3)ccc21)C1CCCCC1.O=CO. The third-order valence-corrected chi connectivity index (χ3v) is 17.7. The molecule has 0 bridgehead atoms. The minimum atomic E-state index is -0.591. The summed E-state index contributed by atoms with van der Waals surface area (Å²) in [4.78, 5) is 94.5. The monoisotopic (exact) mass is 1080 g/mol. The Kier molecular flexibility index (Phi) is 23.1. The van der Waals surface area contributed by atoms with E-state index in [0.29, 0.717) is 65.2 Å². The van der Waals surface area contributed by atoms with Crippen LogP contribution in [0.1, 0.15) is 190 Å². The van der Waals surface area contributed by atoms with Crippen LogP contribution in [0, 0.1) is 23.7 Å². The van der Waals surface area contributed by atoms with Crippen LogP contribution in [-0.2, 0) is 51.1 Å². The van der Waals surface area contributed by atoms with Crippen molar-refractivity contribution in [2.24, 2.45) is 23.7 Å². The van der Waals surface area contributed by atoms with Crippen molar-refractivity contribution in [2.45, 2.75) is 205 Å². The predicted octanol–water partition coefficient (Wildman–Crippen LogP) is 8.05. The van der Waals surface area contributed by atoms with E-state index in [1.54, 1.807) is 9.80 Å². The highest BCUT2D eigenvalue weighted by molar-refractivity contribution is 5.94. The molecule has 2 saturated carbocycles. The van der Waals surface area contributed by atoms with Crippen LogP contribution in [0.5, 0.6) is 11.5 Å². The maximum atomic E-state index is 14.2. The van der Waals surface area contributed by atoms with Crippen molar-refractivity contribution >= 4 is 41.9 Å². The van der Waals surface area contributed by atoms with Gasteiger partial charge in [0.2, 0.25) is 35.4 Å². The van der Waals surface area contributed by atoms with Crippen molar-refractivity contribution in [3.05, 3.63) is 58.7 Å². The Balaban J connectivity index is 0.00000287. The number of nitrogens with zero attached hydrogens (tertiary/aromatic N) is 2. The van der Waals surface area contributed by atoms with Crippen LogP contribution in [0.2, 0.25) is 0 Å². The van der Waals surface area contributed by atoms with E-state index in [9.17, 15) is 28.8 Å². The molecule has 78 heavy (non-hydrogen) atoms. The first-order valence-electron chi connectivity index (χ1n) is 29.8. The van der Waals surface area contributed by atoms with Crippen molar-refractivity contribution in [1.29, 1.82) is 0 Å². The average Bonchev–Trinajstić information content (AvgIpc) is 4.18. The molecule has 8 rings (SSSR count). The number of rotatable bonds is 22. The van der Waals surface area contributed by atoms with Gasteiger partial charge in [0.1, 0.15) is 48.9 Å². The molecule has 2 saturated heterocycles. The van der Waals surface area contributed by atoms with Crippen molar-refractivity contribution in [2.75, 3.05) is 39.5 Å². The van der Waals surface area contributed by atoms with Gasteiger partial charge in [0.05, 0.1) is 25.3 Å². The number of hydrogen-bond donors (Lipinski definition) is 5. The lowest BCUT2D eigenvalue weighted by Crippen LogP contribution is -2.57. The molecule has 5 N–H and O–H groups in total. The molecule has 17 heteroatoms. The second kappa shape index (κ2) is 30.0. The van der Waals surface area contributed by atoms with Gasteiger partial charge in [-0.1, -0.05) is 78.4 Å². The normalized spacial score (nSPS) is 22.9. The van der Waals surface area contributed by atoms with Gasteiger partial charge in [-0.15, -0.1) is 0 Å². The standard InChI is InChI=1S/C60H88N6O9.CH2O2/c1-5-39(3)55(67)63-53(41-17-9-7-10-18-41)59(71)65-31-15-25-51(65)57(69)61-49-23-13-21-43-37-45(27-29-47(43)49)74-35-33-73-34-36-75-46-28-30-48-44(38-46)22-14-24-50(48)62-58(70)52-26-16-32-66(52)60(72)54(42-19-11-8-12-20-42)64-56(68)40(4)6-2;2-1-3/h27-30,37-42,49-54H,5-26,31-36H2,1-4H3,(H,61,69)(H,62,70)(H,63,67)(H,64,68);1H,(H,2,3)/t39-,40-,49-,50-,51+,52+,53+,54+;/m1./s1. The fraction of sp³-hybridized carbons (Fsp3) is 0.689. The van der Waals surface area contributed by atoms with Gasteiger partial charge >= 0.3 is 0 Å². The van der Waals surface area contributed by atoms with Gasteiger partial charge in [-0.2, -0.15) is 0 Å². The zero-order chi connectivity index (χ0) is 55.6. The Morgan fingerprint density at radius 1 is 0.564 bits per heavy atom. The summed E-state index contributed by atoms with van der Waals surface area (Å²) in [6.07, 6.45) is 19.6. The van der Waals surface area contributed by atoms with Crippen molar-refractivity contribution in [3.63, 3.8) is 0 Å². The zero-order valence-electron chi connectivity index (χ0n) is 47.0. The molecule has 430 valence electrons. The topological polar surface area (TPSA) is 222 Å². The lowest BCUT2D eigenvalue weighted by molar-refractivity contribution is -0.143. The van der Waals surface area contributed by atoms with Crippen LogP contribution in [0.25, 0.3) is 0 Å². The molecular formula is C61H90N6O11. The second-order valence-electron chi connectivity index (χ2n) is 22.8. The summed E-state index contributed by atoms with van der Waals surface area (Å²) in [7, 11) is 0. The van der Waals surface area contributed by atoms with Gasteiger partial charge in [0, 0.05) is 24.9 Å². The fourth-order valence-electron chi connectivity index (χ4n) is 12.8. The number of carbonyl (C=O) groups is 7. The molecule has 6 aliphatic rings. The maximum absolute atomic E-state index is 14.2. The number of hydrogen-bond acceptors (Lipinski definition) is 10. The Hall–Kier alpha value is -5.71. The molecule has 2 aromatic rings. The number of aryl methyl sites for hydroxylation is 2. The van der Waals surface area contributed by atoms with E-state index >= 15 is 0 Å². The molecule has 0 spiro atoms. The number of fused-ring (bicyclic) bond motifs is 2. The summed E-state index contributed by atoms with van der Waals surface area (Å²) in [6, 6.07) is 9.56. The van der Waals surface area contributed by atoms with Crippen LogP contribution < -0.4 is 30.7 Å². The number of carbonyl (C=O) groups excluding carboxylic acids is 6. The number of nitrogens with one attached hydrogen (secondary N) is 4. The lowest BCUT2D eigenvalue weighted by atomic mass is 9.83. The molecule has 2 aliphatic heterocycles. The minimum Gasteiger partial charge on any atom is -0.491 e. The molecule has 0 aromatic heterocycles. The summed E-state index contributed by atoms with van der Waals surface area (Å²) in [5.74, 6) is 0.717. The van der Waals surface area contributed by atoms with Crippen LogP contribution >= 0.6 is 0 Å². The van der Waals surface area contributed by atoms with Crippen LogP contribution in [-0.4, -0.2) is 121 Å². The first kappa shape index (κ1) is 59.9. The third kappa shape index (κ3) is 15.8. The molecule has 4 aliphatic carbocycles. The van der Waals surface area contributed by atoms with E-state index < -0.39 is 24.2 Å². The first-order chi connectivity index (χ1) is 37.8. The largest absolute Gasteiger partial charge is 0.491 e. The molecular weight excluding hydrogens is 993 g/mol.